The zero-order valence-electron chi connectivity index (χ0n) is 13.6. The summed E-state index contributed by atoms with van der Waals surface area (Å²) >= 11 is 0. The van der Waals surface area contributed by atoms with Gasteiger partial charge in [-0.15, -0.1) is 0 Å². The second-order valence-electron chi connectivity index (χ2n) is 5.53. The average molecular weight is 330 g/mol. The number of rotatable bonds is 4. The summed E-state index contributed by atoms with van der Waals surface area (Å²) in [5.41, 5.74) is 1.58. The molecule has 1 amide bonds. The van der Waals surface area contributed by atoms with Crippen molar-refractivity contribution < 1.29 is 18.7 Å². The molecule has 0 saturated heterocycles. The molecule has 1 atom stereocenters. The molecular weight excluding hydrogens is 311 g/mol. The molecular formula is C18H19FN2O3. The van der Waals surface area contributed by atoms with E-state index in [0.717, 1.165) is 5.69 Å². The third-order valence-electron chi connectivity index (χ3n) is 4.00. The van der Waals surface area contributed by atoms with Crippen LogP contribution in [0.4, 0.5) is 10.1 Å². The Bertz CT molecular complexity index is 751. The monoisotopic (exact) mass is 330 g/mol. The molecule has 1 N–H and O–H groups in total. The van der Waals surface area contributed by atoms with E-state index in [4.69, 9.17) is 9.47 Å². The number of hydrogen-bond acceptors (Lipinski definition) is 4. The van der Waals surface area contributed by atoms with Crippen LogP contribution < -0.4 is 19.7 Å². The molecule has 0 unspecified atom stereocenters. The molecule has 1 aliphatic heterocycles. The highest BCUT2D eigenvalue weighted by Gasteiger charge is 2.30. The summed E-state index contributed by atoms with van der Waals surface area (Å²) in [7, 11) is 3.13. The summed E-state index contributed by atoms with van der Waals surface area (Å²) in [5.74, 6) is 0.723. The normalized spacial score (nSPS) is 16.1. The van der Waals surface area contributed by atoms with E-state index >= 15 is 0 Å². The molecule has 5 nitrogen and oxygen atoms in total. The Hall–Kier alpha value is -2.76. The first kappa shape index (κ1) is 16.1. The zero-order chi connectivity index (χ0) is 17.1. The number of carbonyl (C=O) groups excluding carboxylic acids is 1. The maximum Gasteiger partial charge on any atom is 0.262 e. The van der Waals surface area contributed by atoms with Crippen LogP contribution in [0.15, 0.2) is 42.5 Å². The molecule has 0 spiro atoms. The average Bonchev–Trinajstić information content (AvgIpc) is 2.61. The molecule has 0 aliphatic carbocycles. The van der Waals surface area contributed by atoms with Crippen LogP contribution in [0.25, 0.3) is 0 Å². The van der Waals surface area contributed by atoms with E-state index in [0.29, 0.717) is 30.2 Å². The summed E-state index contributed by atoms with van der Waals surface area (Å²) in [4.78, 5) is 14.0. The zero-order valence-corrected chi connectivity index (χ0v) is 13.6. The van der Waals surface area contributed by atoms with Gasteiger partial charge in [-0.05, 0) is 30.3 Å². The number of methoxy groups -OCH3 is 1. The number of hydrogen-bond donors (Lipinski definition) is 1. The van der Waals surface area contributed by atoms with Crippen LogP contribution in [0, 0.1) is 5.82 Å². The van der Waals surface area contributed by atoms with Crippen molar-refractivity contribution in [2.24, 2.45) is 0 Å². The Morgan fingerprint density at radius 3 is 2.92 bits per heavy atom. The number of halogens is 1. The molecule has 2 aromatic rings. The number of nitrogens with zero attached hydrogens (tertiary/aromatic N) is 1. The van der Waals surface area contributed by atoms with Gasteiger partial charge >= 0.3 is 0 Å². The molecule has 0 aromatic heterocycles. The molecule has 0 bridgehead atoms. The molecule has 24 heavy (non-hydrogen) atoms. The molecule has 0 radical (unpaired) electrons. The van der Waals surface area contributed by atoms with Crippen LogP contribution >= 0.6 is 0 Å². The van der Waals surface area contributed by atoms with Gasteiger partial charge in [0, 0.05) is 19.2 Å². The number of nitrogens with one attached hydrogen (secondary N) is 1. The SMILES string of the molecule is CNC(=O)[C@H]1CN(Cc2cc(F)ccc2OC)c2ccccc2O1. The van der Waals surface area contributed by atoms with Crippen molar-refractivity contribution in [1.82, 2.24) is 5.32 Å². The number of fused-ring (bicyclic) bond motifs is 1. The highest BCUT2D eigenvalue weighted by molar-refractivity contribution is 5.83. The van der Waals surface area contributed by atoms with Crippen LogP contribution in [0.3, 0.4) is 0 Å². The molecule has 6 heteroatoms. The number of benzene rings is 2. The van der Waals surface area contributed by atoms with Crippen molar-refractivity contribution in [3.63, 3.8) is 0 Å². The van der Waals surface area contributed by atoms with Crippen LogP contribution in [-0.4, -0.2) is 32.7 Å². The van der Waals surface area contributed by atoms with Crippen LogP contribution in [-0.2, 0) is 11.3 Å². The minimum Gasteiger partial charge on any atom is -0.496 e. The van der Waals surface area contributed by atoms with Crippen LogP contribution in [0.2, 0.25) is 0 Å². The van der Waals surface area contributed by atoms with Gasteiger partial charge in [0.2, 0.25) is 0 Å². The molecule has 1 heterocycles. The van der Waals surface area contributed by atoms with Gasteiger partial charge in [0.15, 0.2) is 6.10 Å². The minimum absolute atomic E-state index is 0.194. The van der Waals surface area contributed by atoms with E-state index in [2.05, 4.69) is 5.32 Å². The van der Waals surface area contributed by atoms with Crippen molar-refractivity contribution in [3.05, 3.63) is 53.8 Å². The predicted octanol–water partition coefficient (Wildman–Crippen LogP) is 2.35. The van der Waals surface area contributed by atoms with Gasteiger partial charge in [-0.1, -0.05) is 12.1 Å². The number of para-hydroxylation sites is 2. The van der Waals surface area contributed by atoms with Gasteiger partial charge < -0.3 is 19.7 Å². The van der Waals surface area contributed by atoms with E-state index in [1.165, 1.54) is 12.1 Å². The topological polar surface area (TPSA) is 50.8 Å². The maximum absolute atomic E-state index is 13.6. The summed E-state index contributed by atoms with van der Waals surface area (Å²) in [6.45, 7) is 0.783. The smallest absolute Gasteiger partial charge is 0.262 e. The third-order valence-corrected chi connectivity index (χ3v) is 4.00. The molecule has 2 aromatic carbocycles. The first-order valence-electron chi connectivity index (χ1n) is 7.67. The lowest BCUT2D eigenvalue weighted by atomic mass is 10.1. The van der Waals surface area contributed by atoms with Crippen LogP contribution in [0.5, 0.6) is 11.5 Å². The van der Waals surface area contributed by atoms with Gasteiger partial charge in [0.25, 0.3) is 5.91 Å². The molecule has 3 rings (SSSR count). The van der Waals surface area contributed by atoms with E-state index in [1.54, 1.807) is 20.2 Å². The lowest BCUT2D eigenvalue weighted by Crippen LogP contribution is -2.47. The fourth-order valence-electron chi connectivity index (χ4n) is 2.83. The Morgan fingerprint density at radius 1 is 1.38 bits per heavy atom. The summed E-state index contributed by atoms with van der Waals surface area (Å²) in [5, 5.41) is 2.61. The summed E-state index contributed by atoms with van der Waals surface area (Å²) < 4.78 is 24.7. The quantitative estimate of drug-likeness (QED) is 0.935. The van der Waals surface area contributed by atoms with Gasteiger partial charge in [0.1, 0.15) is 17.3 Å². The summed E-state index contributed by atoms with van der Waals surface area (Å²) in [6.07, 6.45) is -0.621. The second-order valence-corrected chi connectivity index (χ2v) is 5.53. The number of amides is 1. The Kier molecular flexibility index (Phi) is 4.55. The second kappa shape index (κ2) is 6.78. The predicted molar refractivity (Wildman–Crippen MR) is 88.9 cm³/mol. The van der Waals surface area contributed by atoms with Gasteiger partial charge in [-0.25, -0.2) is 4.39 Å². The molecule has 1 aliphatic rings. The Morgan fingerprint density at radius 2 is 2.17 bits per heavy atom. The van der Waals surface area contributed by atoms with Gasteiger partial charge in [0.05, 0.1) is 19.3 Å². The number of ether oxygens (including phenoxy) is 2. The number of likely N-dealkylation sites (N-methyl/N-ethyl adjacent to an activating group) is 1. The third kappa shape index (κ3) is 3.13. The van der Waals surface area contributed by atoms with E-state index < -0.39 is 6.10 Å². The Labute approximate surface area is 140 Å². The van der Waals surface area contributed by atoms with Gasteiger partial charge in [-0.2, -0.15) is 0 Å². The van der Waals surface area contributed by atoms with Crippen molar-refractivity contribution in [3.8, 4) is 11.5 Å². The van der Waals surface area contributed by atoms with Crippen molar-refractivity contribution in [2.45, 2.75) is 12.6 Å². The van der Waals surface area contributed by atoms with E-state index in [-0.39, 0.29) is 11.7 Å². The molecule has 126 valence electrons. The van der Waals surface area contributed by atoms with Crippen molar-refractivity contribution in [2.75, 3.05) is 25.6 Å². The number of anilines is 1. The Balaban J connectivity index is 1.94. The maximum atomic E-state index is 13.6. The fourth-order valence-corrected chi connectivity index (χ4v) is 2.83. The minimum atomic E-state index is -0.621. The van der Waals surface area contributed by atoms with Crippen LogP contribution in [0.1, 0.15) is 5.56 Å². The van der Waals surface area contributed by atoms with E-state index in [1.807, 2.05) is 29.2 Å². The van der Waals surface area contributed by atoms with Gasteiger partial charge in [-0.3, -0.25) is 4.79 Å². The highest BCUT2D eigenvalue weighted by Crippen LogP contribution is 2.35. The summed E-state index contributed by atoms with van der Waals surface area (Å²) in [6, 6.07) is 11.9. The first-order valence-corrected chi connectivity index (χ1v) is 7.67. The van der Waals surface area contributed by atoms with Crippen molar-refractivity contribution in [1.29, 1.82) is 0 Å². The van der Waals surface area contributed by atoms with E-state index in [9.17, 15) is 9.18 Å². The lowest BCUT2D eigenvalue weighted by molar-refractivity contribution is -0.127. The molecule has 0 fully saturated rings. The molecule has 0 saturated carbocycles. The lowest BCUT2D eigenvalue weighted by Gasteiger charge is -2.35. The number of carbonyl (C=O) groups is 1. The highest BCUT2D eigenvalue weighted by atomic mass is 19.1. The van der Waals surface area contributed by atoms with Crippen molar-refractivity contribution >= 4 is 11.6 Å². The first-order chi connectivity index (χ1) is 11.6. The largest absolute Gasteiger partial charge is 0.496 e. The fraction of sp³-hybridized carbons (Fsp3) is 0.278. The standard InChI is InChI=1S/C18H19FN2O3/c1-20-18(22)17-11-21(14-5-3-4-6-16(14)24-17)10-12-9-13(19)7-8-15(12)23-2/h3-9,17H,10-11H2,1-2H3,(H,20,22)/t17-/m1/s1.